The molecule has 0 bridgehead atoms. The Morgan fingerprint density at radius 2 is 2.15 bits per heavy atom. The Bertz CT molecular complexity index is 476. The summed E-state index contributed by atoms with van der Waals surface area (Å²) in [6.45, 7) is 4.24. The fraction of sp³-hybridized carbons (Fsp3) is 0.471. The van der Waals surface area contributed by atoms with E-state index in [0.29, 0.717) is 0 Å². The maximum absolute atomic E-state index is 10.6. The number of hydrogen-bond donors (Lipinski definition) is 1. The molecule has 3 nitrogen and oxygen atoms in total. The second kappa shape index (κ2) is 7.25. The lowest BCUT2D eigenvalue weighted by atomic mass is 10.1. The Balaban J connectivity index is 2.04. The van der Waals surface area contributed by atoms with Gasteiger partial charge in [0, 0.05) is 18.7 Å². The molecule has 0 saturated heterocycles. The van der Waals surface area contributed by atoms with Crippen LogP contribution in [0, 0.1) is 0 Å². The highest BCUT2D eigenvalue weighted by atomic mass is 16.4. The first-order chi connectivity index (χ1) is 9.69. The summed E-state index contributed by atoms with van der Waals surface area (Å²) >= 11 is 0. The summed E-state index contributed by atoms with van der Waals surface area (Å²) in [5.41, 5.74) is 2.21. The summed E-state index contributed by atoms with van der Waals surface area (Å²) in [6, 6.07) is 8.86. The summed E-state index contributed by atoms with van der Waals surface area (Å²) < 4.78 is 0. The molecule has 1 fully saturated rings. The highest BCUT2D eigenvalue weighted by Crippen LogP contribution is 2.24. The first-order valence-electron chi connectivity index (χ1n) is 7.43. The molecule has 0 heterocycles. The molecule has 0 aromatic heterocycles. The van der Waals surface area contributed by atoms with Crippen LogP contribution in [0.15, 0.2) is 30.3 Å². The number of carboxylic acids is 1. The molecule has 0 amide bonds. The van der Waals surface area contributed by atoms with E-state index in [1.807, 2.05) is 12.1 Å². The molecule has 0 radical (unpaired) electrons. The van der Waals surface area contributed by atoms with E-state index in [9.17, 15) is 4.79 Å². The van der Waals surface area contributed by atoms with Gasteiger partial charge in [0.15, 0.2) is 0 Å². The Morgan fingerprint density at radius 3 is 2.80 bits per heavy atom. The van der Waals surface area contributed by atoms with Gasteiger partial charge in [0.1, 0.15) is 0 Å². The van der Waals surface area contributed by atoms with Crippen LogP contribution in [0.2, 0.25) is 0 Å². The van der Waals surface area contributed by atoms with E-state index in [-0.39, 0.29) is 0 Å². The summed E-state index contributed by atoms with van der Waals surface area (Å²) in [4.78, 5) is 13.1. The van der Waals surface area contributed by atoms with Crippen LogP contribution < -0.4 is 0 Å². The molecule has 3 heteroatoms. The minimum absolute atomic E-state index is 0.721. The van der Waals surface area contributed by atoms with Gasteiger partial charge >= 0.3 is 5.97 Å². The molecule has 0 spiro atoms. The zero-order valence-corrected chi connectivity index (χ0v) is 12.1. The number of aliphatic carboxylic acids is 1. The van der Waals surface area contributed by atoms with Crippen LogP contribution in [-0.4, -0.2) is 28.6 Å². The van der Waals surface area contributed by atoms with Crippen molar-refractivity contribution in [3.8, 4) is 0 Å². The lowest BCUT2D eigenvalue weighted by Crippen LogP contribution is -2.32. The summed E-state index contributed by atoms with van der Waals surface area (Å²) in [7, 11) is 0. The molecule has 1 saturated carbocycles. The third-order valence-electron chi connectivity index (χ3n) is 4.00. The number of carbonyl (C=O) groups is 1. The predicted molar refractivity (Wildman–Crippen MR) is 81.5 cm³/mol. The minimum atomic E-state index is -0.906. The molecule has 0 atom stereocenters. The van der Waals surface area contributed by atoms with Crippen molar-refractivity contribution in [2.75, 3.05) is 6.54 Å². The average Bonchev–Trinajstić information content (AvgIpc) is 2.97. The van der Waals surface area contributed by atoms with Crippen molar-refractivity contribution in [3.05, 3.63) is 41.5 Å². The molecule has 2 rings (SSSR count). The van der Waals surface area contributed by atoms with E-state index < -0.39 is 5.97 Å². The Morgan fingerprint density at radius 1 is 1.40 bits per heavy atom. The van der Waals surface area contributed by atoms with Gasteiger partial charge in [-0.05, 0) is 36.6 Å². The second-order valence-corrected chi connectivity index (χ2v) is 5.42. The van der Waals surface area contributed by atoms with Crippen LogP contribution >= 0.6 is 0 Å². The zero-order chi connectivity index (χ0) is 14.4. The third-order valence-corrected chi connectivity index (χ3v) is 4.00. The van der Waals surface area contributed by atoms with Crippen molar-refractivity contribution in [1.82, 2.24) is 4.90 Å². The number of rotatable bonds is 6. The maximum Gasteiger partial charge on any atom is 0.328 e. The summed E-state index contributed by atoms with van der Waals surface area (Å²) in [5.74, 6) is -0.906. The molecule has 1 aromatic rings. The first-order valence-corrected chi connectivity index (χ1v) is 7.43. The van der Waals surface area contributed by atoms with Gasteiger partial charge in [-0.3, -0.25) is 4.90 Å². The van der Waals surface area contributed by atoms with Crippen LogP contribution in [0.5, 0.6) is 0 Å². The molecule has 1 aliphatic rings. The zero-order valence-electron chi connectivity index (χ0n) is 12.1. The number of carboxylic acid groups (broad SMARTS) is 1. The normalized spacial score (nSPS) is 16.3. The van der Waals surface area contributed by atoms with Crippen molar-refractivity contribution in [2.45, 2.75) is 45.2 Å². The standard InChI is InChI=1S/C17H23NO2/c1-2-18(16-8-3-4-9-16)13-15-7-5-6-14(12-15)10-11-17(19)20/h5-7,10-12,16H,2-4,8-9,13H2,1H3,(H,19,20). The quantitative estimate of drug-likeness (QED) is 0.806. The van der Waals surface area contributed by atoms with Crippen molar-refractivity contribution in [3.63, 3.8) is 0 Å². The van der Waals surface area contributed by atoms with E-state index in [1.165, 1.54) is 37.3 Å². The lowest BCUT2D eigenvalue weighted by molar-refractivity contribution is -0.131. The van der Waals surface area contributed by atoms with Gasteiger partial charge in [0.05, 0.1) is 0 Å². The second-order valence-electron chi connectivity index (χ2n) is 5.42. The van der Waals surface area contributed by atoms with Gasteiger partial charge in [-0.1, -0.05) is 44.0 Å². The molecule has 1 N–H and O–H groups in total. The van der Waals surface area contributed by atoms with Crippen LogP contribution in [0.4, 0.5) is 0 Å². The fourth-order valence-electron chi connectivity index (χ4n) is 2.97. The maximum atomic E-state index is 10.6. The van der Waals surface area contributed by atoms with Crippen molar-refractivity contribution < 1.29 is 9.90 Å². The highest BCUT2D eigenvalue weighted by molar-refractivity contribution is 5.85. The molecule has 1 aliphatic carbocycles. The smallest absolute Gasteiger partial charge is 0.328 e. The average molecular weight is 273 g/mol. The van der Waals surface area contributed by atoms with E-state index in [0.717, 1.165) is 24.7 Å². The van der Waals surface area contributed by atoms with Gasteiger partial charge in [-0.15, -0.1) is 0 Å². The van der Waals surface area contributed by atoms with Gasteiger partial charge in [0.25, 0.3) is 0 Å². The molecule has 20 heavy (non-hydrogen) atoms. The van der Waals surface area contributed by atoms with Crippen molar-refractivity contribution in [1.29, 1.82) is 0 Å². The minimum Gasteiger partial charge on any atom is -0.478 e. The van der Waals surface area contributed by atoms with E-state index in [2.05, 4.69) is 24.0 Å². The first kappa shape index (κ1) is 14.8. The molecule has 1 aromatic carbocycles. The number of hydrogen-bond acceptors (Lipinski definition) is 2. The van der Waals surface area contributed by atoms with Crippen molar-refractivity contribution >= 4 is 12.0 Å². The molecular weight excluding hydrogens is 250 g/mol. The fourth-order valence-corrected chi connectivity index (χ4v) is 2.97. The summed E-state index contributed by atoms with van der Waals surface area (Å²) in [6.07, 6.45) is 8.16. The molecular formula is C17H23NO2. The monoisotopic (exact) mass is 273 g/mol. The van der Waals surface area contributed by atoms with E-state index >= 15 is 0 Å². The number of benzene rings is 1. The lowest BCUT2D eigenvalue weighted by Gasteiger charge is -2.27. The Kier molecular flexibility index (Phi) is 5.36. The van der Waals surface area contributed by atoms with Gasteiger partial charge in [-0.2, -0.15) is 0 Å². The van der Waals surface area contributed by atoms with Gasteiger partial charge < -0.3 is 5.11 Å². The van der Waals surface area contributed by atoms with E-state index in [4.69, 9.17) is 5.11 Å². The molecule has 0 unspecified atom stereocenters. The largest absolute Gasteiger partial charge is 0.478 e. The third kappa shape index (κ3) is 4.20. The topological polar surface area (TPSA) is 40.5 Å². The van der Waals surface area contributed by atoms with Crippen LogP contribution in [0.3, 0.4) is 0 Å². The van der Waals surface area contributed by atoms with Crippen LogP contribution in [0.1, 0.15) is 43.7 Å². The molecule has 108 valence electrons. The Hall–Kier alpha value is -1.61. The van der Waals surface area contributed by atoms with Crippen molar-refractivity contribution in [2.24, 2.45) is 0 Å². The molecule has 0 aliphatic heterocycles. The van der Waals surface area contributed by atoms with Gasteiger partial charge in [0.2, 0.25) is 0 Å². The van der Waals surface area contributed by atoms with Crippen LogP contribution in [-0.2, 0) is 11.3 Å². The van der Waals surface area contributed by atoms with E-state index in [1.54, 1.807) is 6.08 Å². The van der Waals surface area contributed by atoms with Crippen LogP contribution in [0.25, 0.3) is 6.08 Å². The predicted octanol–water partition coefficient (Wildman–Crippen LogP) is 3.55. The Labute approximate surface area is 120 Å². The summed E-state index contributed by atoms with van der Waals surface area (Å²) in [5, 5.41) is 8.68. The van der Waals surface area contributed by atoms with Gasteiger partial charge in [-0.25, -0.2) is 4.79 Å². The SMILES string of the molecule is CCN(Cc1cccc(C=CC(=O)O)c1)C1CCCC1. The highest BCUT2D eigenvalue weighted by Gasteiger charge is 2.21. The number of nitrogens with zero attached hydrogens (tertiary/aromatic N) is 1.